The molecule has 0 fully saturated rings. The van der Waals surface area contributed by atoms with Crippen LogP contribution in [-0.2, 0) is 14.6 Å². The van der Waals surface area contributed by atoms with Crippen molar-refractivity contribution in [2.45, 2.75) is 22.8 Å². The standard InChI is InChI=1S/C15H15NO4S/c1-11(15(17)18)16-13-9-5-6-10-14(13)21(19,20)12-7-3-2-4-8-12/h2-11,16H,1H3,(H,17,18). The molecule has 0 aliphatic heterocycles. The van der Waals surface area contributed by atoms with E-state index in [0.717, 1.165) is 0 Å². The van der Waals surface area contributed by atoms with Gasteiger partial charge in [0.15, 0.2) is 0 Å². The second kappa shape index (κ2) is 5.97. The first-order chi connectivity index (χ1) is 9.93. The number of carbonyl (C=O) groups is 1. The van der Waals surface area contributed by atoms with Gasteiger partial charge in [0, 0.05) is 0 Å². The molecule has 0 aromatic heterocycles. The number of sulfone groups is 1. The van der Waals surface area contributed by atoms with Gasteiger partial charge in [-0.25, -0.2) is 8.42 Å². The molecule has 0 aliphatic carbocycles. The van der Waals surface area contributed by atoms with E-state index in [4.69, 9.17) is 5.11 Å². The first kappa shape index (κ1) is 15.1. The molecule has 0 radical (unpaired) electrons. The number of anilines is 1. The molecule has 1 unspecified atom stereocenters. The maximum absolute atomic E-state index is 12.6. The summed E-state index contributed by atoms with van der Waals surface area (Å²) >= 11 is 0. The number of nitrogens with one attached hydrogen (secondary N) is 1. The second-order valence-corrected chi connectivity index (χ2v) is 6.44. The van der Waals surface area contributed by atoms with Crippen LogP contribution in [-0.4, -0.2) is 25.5 Å². The molecular formula is C15H15NO4S. The van der Waals surface area contributed by atoms with Gasteiger partial charge >= 0.3 is 5.97 Å². The summed E-state index contributed by atoms with van der Waals surface area (Å²) in [6.45, 7) is 1.45. The zero-order valence-corrected chi connectivity index (χ0v) is 12.2. The first-order valence-corrected chi connectivity index (χ1v) is 7.80. The molecule has 0 spiro atoms. The molecule has 110 valence electrons. The van der Waals surface area contributed by atoms with E-state index in [1.807, 2.05) is 0 Å². The van der Waals surface area contributed by atoms with E-state index >= 15 is 0 Å². The van der Waals surface area contributed by atoms with Crippen molar-refractivity contribution in [1.82, 2.24) is 0 Å². The monoisotopic (exact) mass is 305 g/mol. The fourth-order valence-electron chi connectivity index (χ4n) is 1.84. The molecule has 2 aromatic rings. The van der Waals surface area contributed by atoms with Gasteiger partial charge in [0.05, 0.1) is 15.5 Å². The van der Waals surface area contributed by atoms with E-state index in [2.05, 4.69) is 5.32 Å². The van der Waals surface area contributed by atoms with Crippen molar-refractivity contribution in [2.75, 3.05) is 5.32 Å². The van der Waals surface area contributed by atoms with Crippen LogP contribution in [0.4, 0.5) is 5.69 Å². The van der Waals surface area contributed by atoms with Crippen molar-refractivity contribution in [2.24, 2.45) is 0 Å². The summed E-state index contributed by atoms with van der Waals surface area (Å²) in [4.78, 5) is 11.2. The Morgan fingerprint density at radius 2 is 1.62 bits per heavy atom. The number of rotatable bonds is 5. The lowest BCUT2D eigenvalue weighted by molar-refractivity contribution is -0.137. The van der Waals surface area contributed by atoms with Crippen molar-refractivity contribution < 1.29 is 18.3 Å². The third-order valence-corrected chi connectivity index (χ3v) is 4.80. The SMILES string of the molecule is CC(Nc1ccccc1S(=O)(=O)c1ccccc1)C(=O)O. The molecule has 21 heavy (non-hydrogen) atoms. The van der Waals surface area contributed by atoms with E-state index in [-0.39, 0.29) is 15.5 Å². The molecule has 5 nitrogen and oxygen atoms in total. The molecule has 0 bridgehead atoms. The maximum atomic E-state index is 12.6. The summed E-state index contributed by atoms with van der Waals surface area (Å²) in [6.07, 6.45) is 0. The highest BCUT2D eigenvalue weighted by Gasteiger charge is 2.22. The molecule has 0 amide bonds. The molecule has 6 heteroatoms. The normalized spacial score (nSPS) is 12.6. The van der Waals surface area contributed by atoms with Crippen LogP contribution in [0.2, 0.25) is 0 Å². The van der Waals surface area contributed by atoms with E-state index < -0.39 is 21.8 Å². The smallest absolute Gasteiger partial charge is 0.325 e. The highest BCUT2D eigenvalue weighted by Crippen LogP contribution is 2.27. The van der Waals surface area contributed by atoms with E-state index in [1.165, 1.54) is 25.1 Å². The van der Waals surface area contributed by atoms with Crippen LogP contribution >= 0.6 is 0 Å². The highest BCUT2D eigenvalue weighted by atomic mass is 32.2. The Morgan fingerprint density at radius 1 is 1.05 bits per heavy atom. The van der Waals surface area contributed by atoms with E-state index in [0.29, 0.717) is 0 Å². The number of carboxylic acids is 1. The minimum absolute atomic E-state index is 0.0595. The number of hydrogen-bond donors (Lipinski definition) is 2. The third kappa shape index (κ3) is 3.22. The third-order valence-electron chi connectivity index (χ3n) is 2.97. The van der Waals surface area contributed by atoms with Crippen LogP contribution < -0.4 is 5.32 Å². The fraction of sp³-hybridized carbons (Fsp3) is 0.133. The first-order valence-electron chi connectivity index (χ1n) is 6.31. The summed E-state index contributed by atoms with van der Waals surface area (Å²) < 4.78 is 25.2. The van der Waals surface area contributed by atoms with Gasteiger partial charge in [-0.15, -0.1) is 0 Å². The summed E-state index contributed by atoms with van der Waals surface area (Å²) in [5, 5.41) is 11.6. The van der Waals surface area contributed by atoms with Crippen LogP contribution in [0.15, 0.2) is 64.4 Å². The van der Waals surface area contributed by atoms with Gasteiger partial charge in [-0.05, 0) is 31.2 Å². The van der Waals surface area contributed by atoms with Gasteiger partial charge in [-0.3, -0.25) is 4.79 Å². The number of aliphatic carboxylic acids is 1. The van der Waals surface area contributed by atoms with Gasteiger partial charge in [0.25, 0.3) is 0 Å². The topological polar surface area (TPSA) is 83.5 Å². The summed E-state index contributed by atoms with van der Waals surface area (Å²) in [5.74, 6) is -1.05. The van der Waals surface area contributed by atoms with E-state index in [1.54, 1.807) is 36.4 Å². The maximum Gasteiger partial charge on any atom is 0.325 e. The molecule has 2 aromatic carbocycles. The van der Waals surface area contributed by atoms with Crippen molar-refractivity contribution in [1.29, 1.82) is 0 Å². The highest BCUT2D eigenvalue weighted by molar-refractivity contribution is 7.91. The van der Waals surface area contributed by atoms with Gasteiger partial charge in [-0.2, -0.15) is 0 Å². The Hall–Kier alpha value is -2.34. The number of benzene rings is 2. The van der Waals surface area contributed by atoms with Gasteiger partial charge in [-0.1, -0.05) is 30.3 Å². The molecule has 0 saturated heterocycles. The Kier molecular flexibility index (Phi) is 4.28. The number of para-hydroxylation sites is 1. The Bertz CT molecular complexity index is 741. The van der Waals surface area contributed by atoms with Crippen LogP contribution in [0.5, 0.6) is 0 Å². The molecule has 0 saturated carbocycles. The molecule has 1 atom stereocenters. The van der Waals surface area contributed by atoms with Crippen molar-refractivity contribution >= 4 is 21.5 Å². The molecule has 0 heterocycles. The van der Waals surface area contributed by atoms with Crippen LogP contribution in [0.3, 0.4) is 0 Å². The Morgan fingerprint density at radius 3 is 2.24 bits per heavy atom. The van der Waals surface area contributed by atoms with Gasteiger partial charge in [0.2, 0.25) is 9.84 Å². The summed E-state index contributed by atoms with van der Waals surface area (Å²) in [5.41, 5.74) is 0.274. The predicted octanol–water partition coefficient (Wildman–Crippen LogP) is 2.40. The molecular weight excluding hydrogens is 290 g/mol. The summed E-state index contributed by atoms with van der Waals surface area (Å²) in [6, 6.07) is 13.4. The zero-order chi connectivity index (χ0) is 15.5. The zero-order valence-electron chi connectivity index (χ0n) is 11.4. The lowest BCUT2D eigenvalue weighted by Gasteiger charge is -2.15. The van der Waals surface area contributed by atoms with Crippen molar-refractivity contribution in [3.05, 3.63) is 54.6 Å². The average molecular weight is 305 g/mol. The molecule has 0 aliphatic rings. The Labute approximate surface area is 123 Å². The quantitative estimate of drug-likeness (QED) is 0.886. The summed E-state index contributed by atoms with van der Waals surface area (Å²) in [7, 11) is -3.70. The van der Waals surface area contributed by atoms with Gasteiger partial charge in [0.1, 0.15) is 6.04 Å². The average Bonchev–Trinajstić information content (AvgIpc) is 2.48. The second-order valence-electron chi connectivity index (χ2n) is 4.52. The minimum atomic E-state index is -3.70. The lowest BCUT2D eigenvalue weighted by atomic mass is 10.2. The molecule has 2 N–H and O–H groups in total. The van der Waals surface area contributed by atoms with E-state index in [9.17, 15) is 13.2 Å². The molecule has 2 rings (SSSR count). The van der Waals surface area contributed by atoms with Crippen molar-refractivity contribution in [3.8, 4) is 0 Å². The van der Waals surface area contributed by atoms with Gasteiger partial charge < -0.3 is 10.4 Å². The predicted molar refractivity (Wildman–Crippen MR) is 79.1 cm³/mol. The van der Waals surface area contributed by atoms with Crippen LogP contribution in [0, 0.1) is 0 Å². The number of hydrogen-bond acceptors (Lipinski definition) is 4. The fourth-order valence-corrected chi connectivity index (χ4v) is 3.29. The van der Waals surface area contributed by atoms with Crippen LogP contribution in [0.25, 0.3) is 0 Å². The van der Waals surface area contributed by atoms with Crippen molar-refractivity contribution in [3.63, 3.8) is 0 Å². The number of carboxylic acid groups (broad SMARTS) is 1. The van der Waals surface area contributed by atoms with Crippen LogP contribution in [0.1, 0.15) is 6.92 Å². The minimum Gasteiger partial charge on any atom is -0.480 e. The lowest BCUT2D eigenvalue weighted by Crippen LogP contribution is -2.26. The largest absolute Gasteiger partial charge is 0.480 e. The Balaban J connectivity index is 2.48.